The van der Waals surface area contributed by atoms with Crippen LogP contribution in [0.5, 0.6) is 0 Å². The van der Waals surface area contributed by atoms with Crippen molar-refractivity contribution in [2.24, 2.45) is 0 Å². The highest BCUT2D eigenvalue weighted by molar-refractivity contribution is 5.19. The molecule has 0 bridgehead atoms. The summed E-state index contributed by atoms with van der Waals surface area (Å²) in [6.07, 6.45) is 5.02. The lowest BCUT2D eigenvalue weighted by atomic mass is 9.87. The summed E-state index contributed by atoms with van der Waals surface area (Å²) in [5, 5.41) is 0. The summed E-state index contributed by atoms with van der Waals surface area (Å²) in [4.78, 5) is 4.25. The number of nitrogens with zero attached hydrogens (tertiary/aromatic N) is 2. The number of hydrogen-bond donors (Lipinski definition) is 0. The molecule has 0 aromatic carbocycles. The Hall–Kier alpha value is -1.58. The van der Waals surface area contributed by atoms with Gasteiger partial charge in [-0.3, -0.25) is 0 Å². The van der Waals surface area contributed by atoms with Crippen LogP contribution in [0.3, 0.4) is 0 Å². The minimum Gasteiger partial charge on any atom is -0.451 e. The maximum atomic E-state index is 5.71. The second-order valence-corrected chi connectivity index (χ2v) is 6.77. The van der Waals surface area contributed by atoms with E-state index in [1.165, 1.54) is 17.7 Å². The van der Waals surface area contributed by atoms with E-state index in [1.807, 2.05) is 11.0 Å². The first-order valence-electron chi connectivity index (χ1n) is 6.59. The van der Waals surface area contributed by atoms with E-state index < -0.39 is 0 Å². The van der Waals surface area contributed by atoms with Crippen molar-refractivity contribution in [2.45, 2.75) is 58.9 Å². The van der Waals surface area contributed by atoms with Crippen molar-refractivity contribution in [3.63, 3.8) is 0 Å². The molecule has 0 fully saturated rings. The topological polar surface area (TPSA) is 43.0 Å². The number of hydrogen-bond acceptors (Lipinski definition) is 3. The quantitative estimate of drug-likeness (QED) is 0.799. The summed E-state index contributed by atoms with van der Waals surface area (Å²) in [5.41, 5.74) is 3.31. The molecule has 2 aromatic rings. The Labute approximate surface area is 114 Å². The number of aromatic nitrogens is 2. The maximum Gasteiger partial charge on any atom is 0.232 e. The van der Waals surface area contributed by atoms with E-state index in [2.05, 4.69) is 46.5 Å². The Morgan fingerprint density at radius 3 is 2.32 bits per heavy atom. The van der Waals surface area contributed by atoms with E-state index in [4.69, 9.17) is 8.94 Å². The van der Waals surface area contributed by atoms with Crippen molar-refractivity contribution < 1.29 is 13.7 Å². The predicted octanol–water partition coefficient (Wildman–Crippen LogP) is 3.14. The average Bonchev–Trinajstić information content (AvgIpc) is 2.87. The number of rotatable bonds is 3. The highest BCUT2D eigenvalue weighted by atomic mass is 16.5. The Kier molecular flexibility index (Phi) is 3.29. The molecular formula is C15H23N2O2+. The molecule has 0 unspecified atom stereocenters. The van der Waals surface area contributed by atoms with E-state index in [0.29, 0.717) is 0 Å². The van der Waals surface area contributed by atoms with Gasteiger partial charge < -0.3 is 4.42 Å². The molecule has 0 radical (unpaired) electrons. The lowest BCUT2D eigenvalue weighted by Crippen LogP contribution is -2.44. The monoisotopic (exact) mass is 263 g/mol. The fourth-order valence-electron chi connectivity index (χ4n) is 2.28. The van der Waals surface area contributed by atoms with Crippen LogP contribution in [0.1, 0.15) is 51.6 Å². The molecule has 0 aliphatic heterocycles. The van der Waals surface area contributed by atoms with E-state index in [0.717, 1.165) is 12.2 Å². The van der Waals surface area contributed by atoms with E-state index in [-0.39, 0.29) is 10.8 Å². The molecule has 0 aliphatic rings. The van der Waals surface area contributed by atoms with Crippen LogP contribution in [0.2, 0.25) is 0 Å². The minimum atomic E-state index is -0.130. The number of oxazole rings is 1. The highest BCUT2D eigenvalue weighted by Crippen LogP contribution is 2.26. The summed E-state index contributed by atoms with van der Waals surface area (Å²) in [7, 11) is 0. The zero-order valence-electron chi connectivity index (χ0n) is 12.7. The van der Waals surface area contributed by atoms with E-state index in [1.54, 1.807) is 6.26 Å². The molecule has 0 atom stereocenters. The second kappa shape index (κ2) is 4.51. The van der Waals surface area contributed by atoms with Crippen LogP contribution < -0.4 is 4.74 Å². The minimum absolute atomic E-state index is 0.0941. The van der Waals surface area contributed by atoms with Gasteiger partial charge in [-0.1, -0.05) is 20.8 Å². The molecule has 2 heterocycles. The Bertz CT molecular complexity index is 545. The first-order chi connectivity index (χ1) is 8.72. The normalized spacial score (nSPS) is 12.9. The summed E-state index contributed by atoms with van der Waals surface area (Å²) in [6.45, 7) is 13.7. The first kappa shape index (κ1) is 13.8. The Morgan fingerprint density at radius 2 is 1.84 bits per heavy atom. The first-order valence-corrected chi connectivity index (χ1v) is 6.59. The van der Waals surface area contributed by atoms with Gasteiger partial charge in [0.15, 0.2) is 12.7 Å². The van der Waals surface area contributed by atoms with Crippen LogP contribution in [-0.4, -0.2) is 4.98 Å². The SMILES string of the molecule is Cc1c(C(C)(C)C)co[n+]1CC(C)(C)c1cocn1. The molecule has 0 aliphatic carbocycles. The molecule has 0 amide bonds. The summed E-state index contributed by atoms with van der Waals surface area (Å²) >= 11 is 0. The Balaban J connectivity index is 2.28. The van der Waals surface area contributed by atoms with Crippen LogP contribution in [0, 0.1) is 6.92 Å². The van der Waals surface area contributed by atoms with Gasteiger partial charge in [0.05, 0.1) is 16.7 Å². The molecule has 0 saturated carbocycles. The third-order valence-electron chi connectivity index (χ3n) is 3.53. The summed E-state index contributed by atoms with van der Waals surface area (Å²) < 4.78 is 12.7. The van der Waals surface area contributed by atoms with Crippen LogP contribution in [-0.2, 0) is 17.4 Å². The van der Waals surface area contributed by atoms with Crippen molar-refractivity contribution in [3.05, 3.63) is 35.9 Å². The zero-order chi connectivity index (χ0) is 14.3. The van der Waals surface area contributed by atoms with Gasteiger partial charge in [0, 0.05) is 6.92 Å². The molecule has 104 valence electrons. The fraction of sp³-hybridized carbons (Fsp3) is 0.600. The molecule has 19 heavy (non-hydrogen) atoms. The highest BCUT2D eigenvalue weighted by Gasteiger charge is 2.34. The van der Waals surface area contributed by atoms with Gasteiger partial charge in [-0.05, 0) is 24.0 Å². The van der Waals surface area contributed by atoms with Gasteiger partial charge in [0.2, 0.25) is 12.2 Å². The standard InChI is InChI=1S/C15H23N2O2/c1-11-12(14(2,3)4)7-19-17(11)9-15(5,6)13-8-18-10-16-13/h7-8,10H,9H2,1-6H3/q+1. The lowest BCUT2D eigenvalue weighted by molar-refractivity contribution is -0.872. The molecule has 4 heteroatoms. The van der Waals surface area contributed by atoms with Crippen molar-refractivity contribution >= 4 is 0 Å². The molecular weight excluding hydrogens is 240 g/mol. The molecule has 2 aromatic heterocycles. The van der Waals surface area contributed by atoms with Crippen LogP contribution >= 0.6 is 0 Å². The Morgan fingerprint density at radius 1 is 1.16 bits per heavy atom. The van der Waals surface area contributed by atoms with Gasteiger partial charge in [0.25, 0.3) is 0 Å². The molecule has 0 spiro atoms. The van der Waals surface area contributed by atoms with Gasteiger partial charge in [-0.15, -0.1) is 0 Å². The molecule has 2 rings (SSSR count). The van der Waals surface area contributed by atoms with Crippen LogP contribution in [0.15, 0.2) is 27.9 Å². The van der Waals surface area contributed by atoms with Crippen molar-refractivity contribution in [2.75, 3.05) is 0 Å². The lowest BCUT2D eigenvalue weighted by Gasteiger charge is -2.17. The predicted molar refractivity (Wildman–Crippen MR) is 71.9 cm³/mol. The van der Waals surface area contributed by atoms with Crippen LogP contribution in [0.25, 0.3) is 0 Å². The molecule has 0 saturated heterocycles. The van der Waals surface area contributed by atoms with Gasteiger partial charge in [-0.25, -0.2) is 9.51 Å². The van der Waals surface area contributed by atoms with Gasteiger partial charge in [0.1, 0.15) is 6.26 Å². The fourth-order valence-corrected chi connectivity index (χ4v) is 2.28. The van der Waals surface area contributed by atoms with E-state index in [9.17, 15) is 0 Å². The van der Waals surface area contributed by atoms with Crippen LogP contribution in [0.4, 0.5) is 0 Å². The molecule has 4 nitrogen and oxygen atoms in total. The van der Waals surface area contributed by atoms with Crippen molar-refractivity contribution in [3.8, 4) is 0 Å². The third-order valence-corrected chi connectivity index (χ3v) is 3.53. The third kappa shape index (κ3) is 2.72. The second-order valence-electron chi connectivity index (χ2n) is 6.77. The molecule has 0 N–H and O–H groups in total. The largest absolute Gasteiger partial charge is 0.451 e. The van der Waals surface area contributed by atoms with E-state index >= 15 is 0 Å². The van der Waals surface area contributed by atoms with Gasteiger partial charge >= 0.3 is 0 Å². The summed E-state index contributed by atoms with van der Waals surface area (Å²) in [6, 6.07) is 0. The van der Waals surface area contributed by atoms with Crippen molar-refractivity contribution in [1.29, 1.82) is 0 Å². The maximum absolute atomic E-state index is 5.71. The van der Waals surface area contributed by atoms with Crippen molar-refractivity contribution in [1.82, 2.24) is 4.98 Å². The smallest absolute Gasteiger partial charge is 0.232 e. The zero-order valence-corrected chi connectivity index (χ0v) is 12.7. The summed E-state index contributed by atoms with van der Waals surface area (Å²) in [5.74, 6) is 0. The van der Waals surface area contributed by atoms with Gasteiger partial charge in [-0.2, -0.15) is 0 Å². The average molecular weight is 263 g/mol.